The third-order valence-corrected chi connectivity index (χ3v) is 15.2. The molecule has 0 radical (unpaired) electrons. The quantitative estimate of drug-likeness (QED) is 0.0361. The summed E-state index contributed by atoms with van der Waals surface area (Å²) in [6.07, 6.45) is 81.3. The number of carbonyl (C=O) groups excluding carboxylic acids is 1. The van der Waals surface area contributed by atoms with Gasteiger partial charge in [-0.3, -0.25) is 4.79 Å². The molecular formula is C66H127NO4. The van der Waals surface area contributed by atoms with Crippen molar-refractivity contribution < 1.29 is 20.1 Å². The number of amides is 1. The lowest BCUT2D eigenvalue weighted by Gasteiger charge is -2.21. The highest BCUT2D eigenvalue weighted by Gasteiger charge is 2.22. The highest BCUT2D eigenvalue weighted by atomic mass is 16.3. The molecule has 0 aromatic heterocycles. The summed E-state index contributed by atoms with van der Waals surface area (Å²) in [7, 11) is 0. The van der Waals surface area contributed by atoms with Crippen LogP contribution in [0.2, 0.25) is 0 Å². The molecule has 0 fully saturated rings. The fraction of sp³-hybridized carbons (Fsp3) is 0.894. The normalized spacial score (nSPS) is 13.4. The van der Waals surface area contributed by atoms with Gasteiger partial charge in [0.2, 0.25) is 5.91 Å². The van der Waals surface area contributed by atoms with E-state index in [1.165, 1.54) is 295 Å². The van der Waals surface area contributed by atoms with E-state index in [0.29, 0.717) is 6.42 Å². The van der Waals surface area contributed by atoms with Crippen molar-refractivity contribution in [1.29, 1.82) is 0 Å². The molecule has 5 heteroatoms. The van der Waals surface area contributed by atoms with E-state index in [9.17, 15) is 20.1 Å². The smallest absolute Gasteiger partial charge is 0.249 e. The molecule has 4 N–H and O–H groups in total. The Morgan fingerprint density at radius 3 is 0.859 bits per heavy atom. The number of aliphatic hydroxyl groups excluding tert-OH is 3. The van der Waals surface area contributed by atoms with Gasteiger partial charge in [0.15, 0.2) is 0 Å². The Balaban J connectivity index is 3.51. The second-order valence-corrected chi connectivity index (χ2v) is 22.3. The highest BCUT2D eigenvalue weighted by molar-refractivity contribution is 5.80. The zero-order valence-electron chi connectivity index (χ0n) is 48.1. The summed E-state index contributed by atoms with van der Waals surface area (Å²) in [5.41, 5.74) is 0. The van der Waals surface area contributed by atoms with Gasteiger partial charge in [0.05, 0.1) is 18.8 Å². The molecule has 0 rings (SSSR count). The second-order valence-electron chi connectivity index (χ2n) is 22.3. The number of unbranched alkanes of at least 4 members (excludes halogenated alkanes) is 48. The van der Waals surface area contributed by atoms with Gasteiger partial charge in [-0.15, -0.1) is 0 Å². The van der Waals surface area contributed by atoms with Gasteiger partial charge < -0.3 is 20.6 Å². The molecule has 0 aromatic carbocycles. The third-order valence-electron chi connectivity index (χ3n) is 15.2. The molecule has 0 spiro atoms. The lowest BCUT2D eigenvalue weighted by atomic mass is 10.0. The van der Waals surface area contributed by atoms with Crippen LogP contribution in [0.5, 0.6) is 0 Å². The Morgan fingerprint density at radius 2 is 0.577 bits per heavy atom. The van der Waals surface area contributed by atoms with Gasteiger partial charge in [0.25, 0.3) is 0 Å². The largest absolute Gasteiger partial charge is 0.394 e. The van der Waals surface area contributed by atoms with Crippen molar-refractivity contribution >= 4 is 5.91 Å². The molecule has 0 heterocycles. The van der Waals surface area contributed by atoms with Crippen LogP contribution < -0.4 is 5.32 Å². The van der Waals surface area contributed by atoms with Gasteiger partial charge in [0, 0.05) is 0 Å². The molecular weight excluding hydrogens is 871 g/mol. The van der Waals surface area contributed by atoms with Crippen molar-refractivity contribution in [2.75, 3.05) is 6.61 Å². The van der Waals surface area contributed by atoms with Crippen LogP contribution in [-0.2, 0) is 4.79 Å². The minimum absolute atomic E-state index is 0.374. The van der Waals surface area contributed by atoms with E-state index >= 15 is 0 Å². The zero-order chi connectivity index (χ0) is 51.4. The molecule has 0 aliphatic carbocycles. The first-order valence-electron chi connectivity index (χ1n) is 32.3. The summed E-state index contributed by atoms with van der Waals surface area (Å²) in [5.74, 6) is -0.507. The van der Waals surface area contributed by atoms with Crippen LogP contribution in [0.1, 0.15) is 354 Å². The Morgan fingerprint density at radius 1 is 0.338 bits per heavy atom. The average Bonchev–Trinajstić information content (AvgIpc) is 3.38. The Labute approximate surface area is 444 Å². The van der Waals surface area contributed by atoms with Gasteiger partial charge in [-0.1, -0.05) is 333 Å². The molecule has 0 saturated heterocycles. The fourth-order valence-corrected chi connectivity index (χ4v) is 10.2. The molecule has 0 aromatic rings. The van der Waals surface area contributed by atoms with Crippen LogP contribution in [0.4, 0.5) is 0 Å². The topological polar surface area (TPSA) is 89.8 Å². The van der Waals surface area contributed by atoms with Crippen LogP contribution in [-0.4, -0.2) is 46.1 Å². The zero-order valence-corrected chi connectivity index (χ0v) is 48.1. The maximum absolute atomic E-state index is 12.6. The molecule has 0 aliphatic rings. The average molecular weight is 999 g/mol. The van der Waals surface area contributed by atoms with Gasteiger partial charge in [-0.05, 0) is 57.8 Å². The molecule has 420 valence electrons. The molecule has 0 aliphatic heterocycles. The molecule has 5 nitrogen and oxygen atoms in total. The summed E-state index contributed by atoms with van der Waals surface area (Å²) in [6.45, 7) is 4.21. The lowest BCUT2D eigenvalue weighted by molar-refractivity contribution is -0.131. The molecule has 3 atom stereocenters. The van der Waals surface area contributed by atoms with Crippen molar-refractivity contribution in [2.45, 2.75) is 372 Å². The van der Waals surface area contributed by atoms with Gasteiger partial charge >= 0.3 is 0 Å². The minimum atomic E-state index is -1.11. The van der Waals surface area contributed by atoms with E-state index in [1.54, 1.807) is 6.08 Å². The summed E-state index contributed by atoms with van der Waals surface area (Å²) in [6, 6.07) is -0.815. The lowest BCUT2D eigenvalue weighted by Crippen LogP contribution is -2.48. The number of hydrogen-bond acceptors (Lipinski definition) is 4. The Hall–Kier alpha value is -1.43. The van der Waals surface area contributed by atoms with Crippen LogP contribution in [0.15, 0.2) is 36.5 Å². The number of allylic oxidation sites excluding steroid dienone is 5. The number of aliphatic hydroxyl groups is 3. The summed E-state index contributed by atoms with van der Waals surface area (Å²) in [4.78, 5) is 12.6. The minimum Gasteiger partial charge on any atom is -0.394 e. The van der Waals surface area contributed by atoms with E-state index in [1.807, 2.05) is 6.08 Å². The summed E-state index contributed by atoms with van der Waals surface area (Å²) >= 11 is 0. The molecule has 0 saturated carbocycles. The van der Waals surface area contributed by atoms with E-state index in [4.69, 9.17) is 0 Å². The predicted octanol–water partition coefficient (Wildman–Crippen LogP) is 20.6. The van der Waals surface area contributed by atoms with E-state index in [-0.39, 0.29) is 6.61 Å². The number of carbonyl (C=O) groups is 1. The first kappa shape index (κ1) is 69.6. The highest BCUT2D eigenvalue weighted by Crippen LogP contribution is 2.18. The first-order chi connectivity index (χ1) is 35.1. The number of rotatable bonds is 60. The van der Waals surface area contributed by atoms with Crippen LogP contribution in [0, 0.1) is 0 Å². The van der Waals surface area contributed by atoms with Crippen molar-refractivity contribution in [3.63, 3.8) is 0 Å². The van der Waals surface area contributed by atoms with E-state index < -0.39 is 24.2 Å². The molecule has 1 amide bonds. The second kappa shape index (κ2) is 61.1. The van der Waals surface area contributed by atoms with Crippen molar-refractivity contribution in [2.24, 2.45) is 0 Å². The fourth-order valence-electron chi connectivity index (χ4n) is 10.2. The van der Waals surface area contributed by atoms with Crippen LogP contribution in [0.25, 0.3) is 0 Å². The number of nitrogens with one attached hydrogen (secondary N) is 1. The molecule has 3 unspecified atom stereocenters. The van der Waals surface area contributed by atoms with Crippen molar-refractivity contribution in [1.82, 2.24) is 5.32 Å². The molecule has 71 heavy (non-hydrogen) atoms. The molecule has 0 bridgehead atoms. The first-order valence-corrected chi connectivity index (χ1v) is 32.3. The summed E-state index contributed by atoms with van der Waals surface area (Å²) in [5, 5.41) is 33.4. The van der Waals surface area contributed by atoms with Crippen LogP contribution >= 0.6 is 0 Å². The van der Waals surface area contributed by atoms with E-state index in [0.717, 1.165) is 38.5 Å². The monoisotopic (exact) mass is 998 g/mol. The van der Waals surface area contributed by atoms with Gasteiger partial charge in [-0.25, -0.2) is 0 Å². The van der Waals surface area contributed by atoms with Crippen molar-refractivity contribution in [3.8, 4) is 0 Å². The van der Waals surface area contributed by atoms with E-state index in [2.05, 4.69) is 43.5 Å². The summed E-state index contributed by atoms with van der Waals surface area (Å²) < 4.78 is 0. The van der Waals surface area contributed by atoms with Crippen LogP contribution in [0.3, 0.4) is 0 Å². The van der Waals surface area contributed by atoms with Gasteiger partial charge in [0.1, 0.15) is 6.10 Å². The van der Waals surface area contributed by atoms with Gasteiger partial charge in [-0.2, -0.15) is 0 Å². The van der Waals surface area contributed by atoms with Crippen molar-refractivity contribution in [3.05, 3.63) is 36.5 Å². The standard InChI is InChI=1S/C66H127NO4/c1-3-5-7-9-11-13-15-17-19-21-23-25-26-27-28-29-30-31-32-33-34-35-36-37-38-39-41-43-45-47-49-51-53-55-57-59-61-65(70)66(71)67-63(62-68)64(69)60-58-56-54-52-50-48-46-44-42-40-24-22-20-18-16-14-12-10-8-6-4-2/h31-32,50,52,58,60,63-65,68-70H,3-30,33-49,51,53-57,59,61-62H2,1-2H3,(H,67,71)/b32-31-,52-50+,60-58+. The maximum Gasteiger partial charge on any atom is 0.249 e. The Bertz CT molecular complexity index is 1100. The predicted molar refractivity (Wildman–Crippen MR) is 314 cm³/mol. The maximum atomic E-state index is 12.6. The number of hydrogen-bond donors (Lipinski definition) is 4. The third kappa shape index (κ3) is 56.1. The Kier molecular flexibility index (Phi) is 59.9. The SMILES string of the molecule is CCCCCCCCCCCCCCCCC/C=C/CC/C=C/C(O)C(CO)NC(=O)C(O)CCCCCCCCCCCCCCCCCC/C=C\CCCCCCCCCCCCCCCCCC.